The van der Waals surface area contributed by atoms with Crippen molar-refractivity contribution in [3.63, 3.8) is 0 Å². The van der Waals surface area contributed by atoms with Gasteiger partial charge in [-0.15, -0.1) is 0 Å². The van der Waals surface area contributed by atoms with Gasteiger partial charge in [0.2, 0.25) is 23.6 Å². The first kappa shape index (κ1) is 29.0. The summed E-state index contributed by atoms with van der Waals surface area (Å²) in [6.45, 7) is 0.242. The van der Waals surface area contributed by atoms with Crippen LogP contribution in [0.15, 0.2) is 24.3 Å². The number of aliphatic carboxylic acids is 2. The number of nitrogens with one attached hydrogen (secondary N) is 2. The van der Waals surface area contributed by atoms with Crippen LogP contribution in [0.3, 0.4) is 0 Å². The van der Waals surface area contributed by atoms with Crippen molar-refractivity contribution < 1.29 is 44.1 Å². The fourth-order valence-electron chi connectivity index (χ4n) is 3.97. The van der Waals surface area contributed by atoms with Gasteiger partial charge in [0.15, 0.2) is 0 Å². The highest BCUT2D eigenvalue weighted by molar-refractivity contribution is 5.95. The Morgan fingerprint density at radius 1 is 1.03 bits per heavy atom. The van der Waals surface area contributed by atoms with Crippen molar-refractivity contribution in [1.82, 2.24) is 15.5 Å². The van der Waals surface area contributed by atoms with Crippen LogP contribution in [-0.2, 0) is 35.2 Å². The first-order chi connectivity index (χ1) is 17.4. The lowest BCUT2D eigenvalue weighted by Gasteiger charge is -2.28. The van der Waals surface area contributed by atoms with Gasteiger partial charge in [-0.2, -0.15) is 0 Å². The van der Waals surface area contributed by atoms with E-state index in [-0.39, 0.29) is 31.6 Å². The van der Waals surface area contributed by atoms with E-state index in [9.17, 15) is 39.0 Å². The van der Waals surface area contributed by atoms with E-state index in [1.165, 1.54) is 17.0 Å². The number of carbonyl (C=O) groups is 6. The second kappa shape index (κ2) is 13.2. The molecule has 1 aromatic carbocycles. The maximum absolute atomic E-state index is 13.0. The first-order valence-corrected chi connectivity index (χ1v) is 11.6. The number of benzene rings is 1. The number of rotatable bonds is 13. The molecule has 37 heavy (non-hydrogen) atoms. The smallest absolute Gasteiger partial charge is 0.326 e. The third kappa shape index (κ3) is 8.75. The van der Waals surface area contributed by atoms with E-state index in [2.05, 4.69) is 10.6 Å². The highest BCUT2D eigenvalue weighted by atomic mass is 16.4. The molecule has 0 radical (unpaired) electrons. The summed E-state index contributed by atoms with van der Waals surface area (Å²) in [5.41, 5.74) is 11.8. The van der Waals surface area contributed by atoms with Gasteiger partial charge in [-0.05, 0) is 43.4 Å². The fourth-order valence-corrected chi connectivity index (χ4v) is 3.97. The number of phenolic OH excluding ortho intramolecular Hbond substituents is 1. The predicted octanol–water partition coefficient (Wildman–Crippen LogP) is -1.95. The molecule has 0 saturated carbocycles. The van der Waals surface area contributed by atoms with E-state index < -0.39 is 72.6 Å². The SMILES string of the molecule is NC(=O)CC(NC(=O)C(CCC(=O)O)NC(=O)C1CCCN1C(=O)C(N)Cc1ccc(O)cc1)C(=O)O. The second-order valence-corrected chi connectivity index (χ2v) is 8.73. The molecule has 4 amide bonds. The normalized spacial score (nSPS) is 17.3. The molecule has 4 atom stereocenters. The summed E-state index contributed by atoms with van der Waals surface area (Å²) in [6.07, 6.45) is -0.667. The highest BCUT2D eigenvalue weighted by Crippen LogP contribution is 2.20. The molecule has 4 unspecified atom stereocenters. The molecule has 0 aromatic heterocycles. The van der Waals surface area contributed by atoms with Gasteiger partial charge in [-0.1, -0.05) is 12.1 Å². The molecule has 1 aliphatic rings. The maximum Gasteiger partial charge on any atom is 0.326 e. The van der Waals surface area contributed by atoms with Crippen molar-refractivity contribution >= 4 is 35.6 Å². The lowest BCUT2D eigenvalue weighted by Crippen LogP contribution is -2.57. The van der Waals surface area contributed by atoms with E-state index in [0.717, 1.165) is 0 Å². The Morgan fingerprint density at radius 2 is 1.68 bits per heavy atom. The molecular formula is C23H31N5O9. The Hall–Kier alpha value is -4.20. The molecule has 14 heteroatoms. The maximum atomic E-state index is 13.0. The summed E-state index contributed by atoms with van der Waals surface area (Å²) in [5, 5.41) is 32.1. The van der Waals surface area contributed by atoms with E-state index in [0.29, 0.717) is 12.0 Å². The zero-order valence-electron chi connectivity index (χ0n) is 20.0. The lowest BCUT2D eigenvalue weighted by atomic mass is 10.0. The molecule has 1 saturated heterocycles. The number of likely N-dealkylation sites (tertiary alicyclic amines) is 1. The lowest BCUT2D eigenvalue weighted by molar-refractivity contribution is -0.144. The van der Waals surface area contributed by atoms with Gasteiger partial charge < -0.3 is 42.3 Å². The number of nitrogens with zero attached hydrogens (tertiary/aromatic N) is 1. The van der Waals surface area contributed by atoms with Crippen LogP contribution in [0, 0.1) is 0 Å². The number of primary amides is 1. The molecule has 0 bridgehead atoms. The summed E-state index contributed by atoms with van der Waals surface area (Å²) in [4.78, 5) is 73.5. The number of carbonyl (C=O) groups excluding carboxylic acids is 4. The largest absolute Gasteiger partial charge is 0.508 e. The van der Waals surface area contributed by atoms with Crippen molar-refractivity contribution in [2.45, 2.75) is 62.7 Å². The minimum absolute atomic E-state index is 0.0608. The molecular weight excluding hydrogens is 490 g/mol. The van der Waals surface area contributed by atoms with Crippen molar-refractivity contribution in [3.8, 4) is 5.75 Å². The van der Waals surface area contributed by atoms with Crippen LogP contribution in [0.2, 0.25) is 0 Å². The quantitative estimate of drug-likeness (QED) is 0.151. The third-order valence-electron chi connectivity index (χ3n) is 5.85. The summed E-state index contributed by atoms with van der Waals surface area (Å²) in [5.74, 6) is -5.95. The van der Waals surface area contributed by atoms with Crippen LogP contribution in [0.1, 0.15) is 37.7 Å². The molecule has 0 aliphatic carbocycles. The molecule has 1 aliphatic heterocycles. The molecule has 1 aromatic rings. The number of phenols is 1. The Balaban J connectivity index is 2.10. The number of carboxylic acids is 2. The molecule has 1 fully saturated rings. The number of hydrogen-bond acceptors (Lipinski definition) is 8. The second-order valence-electron chi connectivity index (χ2n) is 8.73. The number of aromatic hydroxyl groups is 1. The zero-order chi connectivity index (χ0) is 27.7. The van der Waals surface area contributed by atoms with Crippen molar-refractivity contribution in [3.05, 3.63) is 29.8 Å². The van der Waals surface area contributed by atoms with Crippen LogP contribution in [-0.4, -0.2) is 86.5 Å². The minimum Gasteiger partial charge on any atom is -0.508 e. The average molecular weight is 522 g/mol. The van der Waals surface area contributed by atoms with E-state index in [1.807, 2.05) is 0 Å². The number of carboxylic acid groups (broad SMARTS) is 2. The predicted molar refractivity (Wildman–Crippen MR) is 127 cm³/mol. The minimum atomic E-state index is -1.67. The topological polar surface area (TPSA) is 242 Å². The Kier molecular flexibility index (Phi) is 10.4. The van der Waals surface area contributed by atoms with Gasteiger partial charge >= 0.3 is 11.9 Å². The molecule has 2 rings (SSSR count). The van der Waals surface area contributed by atoms with Gasteiger partial charge in [0, 0.05) is 13.0 Å². The highest BCUT2D eigenvalue weighted by Gasteiger charge is 2.38. The molecule has 0 spiro atoms. The van der Waals surface area contributed by atoms with Crippen LogP contribution in [0.4, 0.5) is 0 Å². The van der Waals surface area contributed by atoms with E-state index in [1.54, 1.807) is 12.1 Å². The van der Waals surface area contributed by atoms with Crippen LogP contribution in [0.25, 0.3) is 0 Å². The molecule has 14 nitrogen and oxygen atoms in total. The summed E-state index contributed by atoms with van der Waals surface area (Å²) < 4.78 is 0. The Bertz CT molecular complexity index is 1030. The Labute approximate surface area is 212 Å². The summed E-state index contributed by atoms with van der Waals surface area (Å²) >= 11 is 0. The van der Waals surface area contributed by atoms with Gasteiger partial charge in [0.1, 0.15) is 23.9 Å². The summed E-state index contributed by atoms with van der Waals surface area (Å²) in [6, 6.07) is 1.08. The third-order valence-corrected chi connectivity index (χ3v) is 5.85. The van der Waals surface area contributed by atoms with Crippen molar-refractivity contribution in [1.29, 1.82) is 0 Å². The van der Waals surface area contributed by atoms with Gasteiger partial charge in [-0.25, -0.2) is 4.79 Å². The van der Waals surface area contributed by atoms with E-state index >= 15 is 0 Å². The standard InChI is InChI=1S/C23H31N5O9/c24-14(10-12-3-5-13(29)6-4-12)22(35)28-9-1-2-17(28)21(34)26-15(7-8-19(31)32)20(33)27-16(23(36)37)11-18(25)30/h3-6,14-17,29H,1-2,7-11,24H2,(H2,25,30)(H,26,34)(H,27,33)(H,31,32)(H,36,37). The van der Waals surface area contributed by atoms with Crippen LogP contribution < -0.4 is 22.1 Å². The van der Waals surface area contributed by atoms with Crippen molar-refractivity contribution in [2.75, 3.05) is 6.54 Å². The summed E-state index contributed by atoms with van der Waals surface area (Å²) in [7, 11) is 0. The van der Waals surface area contributed by atoms with Crippen LogP contribution >= 0.6 is 0 Å². The molecule has 1 heterocycles. The molecule has 202 valence electrons. The van der Waals surface area contributed by atoms with Gasteiger partial charge in [0.05, 0.1) is 12.5 Å². The Morgan fingerprint density at radius 3 is 2.24 bits per heavy atom. The monoisotopic (exact) mass is 521 g/mol. The van der Waals surface area contributed by atoms with E-state index in [4.69, 9.17) is 16.6 Å². The van der Waals surface area contributed by atoms with Crippen molar-refractivity contribution in [2.24, 2.45) is 11.5 Å². The zero-order valence-corrected chi connectivity index (χ0v) is 20.0. The number of amides is 4. The van der Waals surface area contributed by atoms with Gasteiger partial charge in [-0.3, -0.25) is 24.0 Å². The fraction of sp³-hybridized carbons (Fsp3) is 0.478. The number of nitrogens with two attached hydrogens (primary N) is 2. The molecule has 9 N–H and O–H groups in total. The average Bonchev–Trinajstić information content (AvgIpc) is 3.31. The van der Waals surface area contributed by atoms with Crippen LogP contribution in [0.5, 0.6) is 5.75 Å². The first-order valence-electron chi connectivity index (χ1n) is 11.6. The van der Waals surface area contributed by atoms with Gasteiger partial charge in [0.25, 0.3) is 0 Å². The number of hydrogen-bond donors (Lipinski definition) is 7.